The molecule has 38 heavy (non-hydrogen) atoms. The van der Waals surface area contributed by atoms with Crippen LogP contribution >= 0.6 is 0 Å². The van der Waals surface area contributed by atoms with Crippen LogP contribution in [0.5, 0.6) is 0 Å². The highest BCUT2D eigenvalue weighted by Crippen LogP contribution is 2.44. The summed E-state index contributed by atoms with van der Waals surface area (Å²) >= 11 is 0. The van der Waals surface area contributed by atoms with Gasteiger partial charge in [0.15, 0.2) is 5.78 Å². The Bertz CT molecular complexity index is 1310. The summed E-state index contributed by atoms with van der Waals surface area (Å²) in [7, 11) is 0. The van der Waals surface area contributed by atoms with Crippen molar-refractivity contribution >= 4 is 17.8 Å². The highest BCUT2D eigenvalue weighted by Gasteiger charge is 2.44. The van der Waals surface area contributed by atoms with Gasteiger partial charge in [-0.1, -0.05) is 91.0 Å². The molecule has 192 valence electrons. The van der Waals surface area contributed by atoms with Crippen molar-refractivity contribution in [2.24, 2.45) is 0 Å². The number of esters is 1. The van der Waals surface area contributed by atoms with Crippen molar-refractivity contribution in [2.75, 3.05) is 19.7 Å². The van der Waals surface area contributed by atoms with Gasteiger partial charge in [-0.25, -0.2) is 0 Å². The lowest BCUT2D eigenvalue weighted by atomic mass is 9.74. The third-order valence-corrected chi connectivity index (χ3v) is 7.17. The smallest absolute Gasteiger partial charge is 0.325 e. The van der Waals surface area contributed by atoms with Crippen LogP contribution < -0.4 is 0 Å². The van der Waals surface area contributed by atoms with E-state index in [-0.39, 0.29) is 18.3 Å². The molecule has 5 heteroatoms. The SMILES string of the molecule is CCOC(=O)Cn1cccc1/C=C1/CN(C(c2ccccc2)(c2ccccc2)c2ccccc2)CCC1=O. The van der Waals surface area contributed by atoms with Gasteiger partial charge in [0.2, 0.25) is 0 Å². The molecule has 0 bridgehead atoms. The number of hydrogen-bond donors (Lipinski definition) is 0. The van der Waals surface area contributed by atoms with E-state index < -0.39 is 5.54 Å². The second kappa shape index (κ2) is 11.4. The molecule has 0 N–H and O–H groups in total. The van der Waals surface area contributed by atoms with Crippen molar-refractivity contribution in [3.63, 3.8) is 0 Å². The summed E-state index contributed by atoms with van der Waals surface area (Å²) in [6.45, 7) is 3.34. The number of Topliss-reactive ketones (excluding diaryl/α,β-unsaturated/α-hetero) is 1. The quantitative estimate of drug-likeness (QED) is 0.175. The fourth-order valence-electron chi connectivity index (χ4n) is 5.49. The third-order valence-electron chi connectivity index (χ3n) is 7.17. The highest BCUT2D eigenvalue weighted by atomic mass is 16.5. The fourth-order valence-corrected chi connectivity index (χ4v) is 5.49. The van der Waals surface area contributed by atoms with Crippen LogP contribution in [0.15, 0.2) is 115 Å². The summed E-state index contributed by atoms with van der Waals surface area (Å²) in [5, 5.41) is 0. The number of ketones is 1. The van der Waals surface area contributed by atoms with Crippen LogP contribution in [0.1, 0.15) is 35.7 Å². The minimum absolute atomic E-state index is 0.111. The molecule has 1 saturated heterocycles. The Morgan fingerprint density at radius 2 is 1.39 bits per heavy atom. The largest absolute Gasteiger partial charge is 0.465 e. The molecule has 1 aromatic heterocycles. The van der Waals surface area contributed by atoms with Crippen LogP contribution in [0.25, 0.3) is 6.08 Å². The first-order chi connectivity index (χ1) is 18.6. The van der Waals surface area contributed by atoms with Crippen LogP contribution in [-0.4, -0.2) is 40.9 Å². The second-order valence-corrected chi connectivity index (χ2v) is 9.44. The number of rotatable bonds is 8. The lowest BCUT2D eigenvalue weighted by molar-refractivity contribution is -0.143. The molecular formula is C33H32N2O3. The molecule has 0 saturated carbocycles. The maximum Gasteiger partial charge on any atom is 0.325 e. The summed E-state index contributed by atoms with van der Waals surface area (Å²) in [6.07, 6.45) is 4.19. The van der Waals surface area contributed by atoms with Gasteiger partial charge in [-0.05, 0) is 41.8 Å². The first-order valence-electron chi connectivity index (χ1n) is 13.1. The van der Waals surface area contributed by atoms with E-state index in [1.165, 1.54) is 0 Å². The maximum atomic E-state index is 13.2. The lowest BCUT2D eigenvalue weighted by Crippen LogP contribution is -2.52. The Balaban J connectivity index is 1.61. The molecule has 5 rings (SSSR count). The standard InChI is InChI=1S/C33H32N2O3/c1-2-38-32(37)25-34-21-12-19-30(34)23-26-24-35(22-20-31(26)36)33(27-13-6-3-7-14-27,28-15-8-4-9-16-28)29-17-10-5-11-18-29/h3-19,21,23H,2,20,22,24-25H2,1H3/b26-23-. The molecule has 0 atom stereocenters. The molecule has 1 aliphatic rings. The molecule has 1 fully saturated rings. The van der Waals surface area contributed by atoms with E-state index in [0.717, 1.165) is 28.0 Å². The van der Waals surface area contributed by atoms with Gasteiger partial charge in [0.05, 0.1) is 12.1 Å². The molecular weight excluding hydrogens is 472 g/mol. The predicted octanol–water partition coefficient (Wildman–Crippen LogP) is 5.70. The Hall–Kier alpha value is -4.22. The monoisotopic (exact) mass is 504 g/mol. The molecule has 3 aromatic carbocycles. The number of aromatic nitrogens is 1. The normalized spacial score (nSPS) is 15.5. The zero-order valence-electron chi connectivity index (χ0n) is 21.6. The van der Waals surface area contributed by atoms with Crippen molar-refractivity contribution in [1.82, 2.24) is 9.47 Å². The topological polar surface area (TPSA) is 51.5 Å². The fraction of sp³-hybridized carbons (Fsp3) is 0.212. The molecule has 1 aliphatic heterocycles. The van der Waals surface area contributed by atoms with Crippen LogP contribution in [0, 0.1) is 0 Å². The Labute approximate surface area is 224 Å². The summed E-state index contributed by atoms with van der Waals surface area (Å²) in [6, 6.07) is 35.4. The minimum atomic E-state index is -0.587. The Morgan fingerprint density at radius 1 is 0.842 bits per heavy atom. The van der Waals surface area contributed by atoms with Gasteiger partial charge in [-0.2, -0.15) is 0 Å². The molecule has 4 aromatic rings. The van der Waals surface area contributed by atoms with Crippen molar-refractivity contribution in [3.05, 3.63) is 137 Å². The van der Waals surface area contributed by atoms with Gasteiger partial charge in [-0.15, -0.1) is 0 Å². The Kier molecular flexibility index (Phi) is 7.66. The molecule has 0 radical (unpaired) electrons. The minimum Gasteiger partial charge on any atom is -0.465 e. The highest BCUT2D eigenvalue weighted by molar-refractivity contribution is 6.00. The molecule has 0 aliphatic carbocycles. The summed E-state index contributed by atoms with van der Waals surface area (Å²) in [4.78, 5) is 27.8. The molecule has 5 nitrogen and oxygen atoms in total. The summed E-state index contributed by atoms with van der Waals surface area (Å²) < 4.78 is 6.96. The number of benzene rings is 3. The number of carbonyl (C=O) groups is 2. The van der Waals surface area contributed by atoms with E-state index in [2.05, 4.69) is 77.7 Å². The van der Waals surface area contributed by atoms with Crippen LogP contribution in [-0.2, 0) is 26.4 Å². The van der Waals surface area contributed by atoms with Gasteiger partial charge in [0, 0.05) is 37.0 Å². The summed E-state index contributed by atoms with van der Waals surface area (Å²) in [5.41, 5.74) is 4.40. The van der Waals surface area contributed by atoms with E-state index in [9.17, 15) is 9.59 Å². The molecule has 0 unspecified atom stereocenters. The van der Waals surface area contributed by atoms with E-state index in [1.807, 2.05) is 47.2 Å². The van der Waals surface area contributed by atoms with Crippen molar-refractivity contribution in [1.29, 1.82) is 0 Å². The van der Waals surface area contributed by atoms with Crippen molar-refractivity contribution < 1.29 is 14.3 Å². The number of hydrogen-bond acceptors (Lipinski definition) is 4. The Morgan fingerprint density at radius 3 is 1.92 bits per heavy atom. The predicted molar refractivity (Wildman–Crippen MR) is 149 cm³/mol. The van der Waals surface area contributed by atoms with E-state index in [0.29, 0.717) is 26.1 Å². The lowest BCUT2D eigenvalue weighted by Gasteiger charge is -2.47. The maximum absolute atomic E-state index is 13.2. The zero-order chi connectivity index (χ0) is 26.4. The average molecular weight is 505 g/mol. The molecule has 2 heterocycles. The molecule has 0 spiro atoms. The van der Waals surface area contributed by atoms with E-state index in [1.54, 1.807) is 6.92 Å². The number of carbonyl (C=O) groups excluding carboxylic acids is 2. The van der Waals surface area contributed by atoms with Gasteiger partial charge in [-0.3, -0.25) is 14.5 Å². The third kappa shape index (κ3) is 4.98. The number of ether oxygens (including phenoxy) is 1. The first-order valence-corrected chi connectivity index (χ1v) is 13.1. The van der Waals surface area contributed by atoms with Gasteiger partial charge in [0.25, 0.3) is 0 Å². The van der Waals surface area contributed by atoms with Crippen LogP contribution in [0.4, 0.5) is 0 Å². The van der Waals surface area contributed by atoms with Gasteiger partial charge < -0.3 is 9.30 Å². The van der Waals surface area contributed by atoms with E-state index in [4.69, 9.17) is 4.74 Å². The number of piperidine rings is 1. The second-order valence-electron chi connectivity index (χ2n) is 9.44. The zero-order valence-corrected chi connectivity index (χ0v) is 21.6. The van der Waals surface area contributed by atoms with Gasteiger partial charge >= 0.3 is 5.97 Å². The van der Waals surface area contributed by atoms with E-state index >= 15 is 0 Å². The van der Waals surface area contributed by atoms with Crippen LogP contribution in [0.3, 0.4) is 0 Å². The van der Waals surface area contributed by atoms with Crippen molar-refractivity contribution in [2.45, 2.75) is 25.4 Å². The molecule has 0 amide bonds. The van der Waals surface area contributed by atoms with Crippen molar-refractivity contribution in [3.8, 4) is 0 Å². The van der Waals surface area contributed by atoms with Crippen LogP contribution in [0.2, 0.25) is 0 Å². The summed E-state index contributed by atoms with van der Waals surface area (Å²) in [5.74, 6) is -0.163. The first kappa shape index (κ1) is 25.4. The number of likely N-dealkylation sites (tertiary alicyclic amines) is 1. The van der Waals surface area contributed by atoms with Gasteiger partial charge in [0.1, 0.15) is 6.54 Å². The average Bonchev–Trinajstić information content (AvgIpc) is 3.39. The number of nitrogens with zero attached hydrogens (tertiary/aromatic N) is 2.